The van der Waals surface area contributed by atoms with Gasteiger partial charge >= 0.3 is 0 Å². The molecule has 3 rings (SSSR count). The summed E-state index contributed by atoms with van der Waals surface area (Å²) in [6.45, 7) is 2.20. The van der Waals surface area contributed by atoms with Crippen LogP contribution in [0, 0.1) is 0 Å². The maximum atomic E-state index is 5.79. The van der Waals surface area contributed by atoms with Crippen LogP contribution in [0.2, 0.25) is 0 Å². The number of hydrogen-bond donors (Lipinski definition) is 1. The summed E-state index contributed by atoms with van der Waals surface area (Å²) in [7, 11) is 0. The average molecular weight is 306 g/mol. The first kappa shape index (κ1) is 13.0. The Balaban J connectivity index is 1.74. The lowest BCUT2D eigenvalue weighted by molar-refractivity contribution is 1.19. The Morgan fingerprint density at radius 1 is 1.16 bits per heavy atom. The molecule has 0 unspecified atom stereocenters. The van der Waals surface area contributed by atoms with Crippen LogP contribution in [0.25, 0.3) is 10.2 Å². The molecule has 0 radical (unpaired) electrons. The zero-order valence-electron chi connectivity index (χ0n) is 10.6. The quantitative estimate of drug-likeness (QED) is 0.556. The van der Waals surface area contributed by atoms with Crippen LogP contribution < -0.4 is 5.73 Å². The van der Waals surface area contributed by atoms with Crippen molar-refractivity contribution in [3.8, 4) is 0 Å². The molecule has 2 heterocycles. The number of anilines is 1. The largest absolute Gasteiger partial charge is 0.399 e. The number of aromatic nitrogens is 1. The van der Waals surface area contributed by atoms with Gasteiger partial charge in [-0.15, -0.1) is 22.7 Å². The van der Waals surface area contributed by atoms with E-state index < -0.39 is 0 Å². The van der Waals surface area contributed by atoms with Gasteiger partial charge in [-0.2, -0.15) is 0 Å². The molecule has 0 aliphatic rings. The third-order valence-corrected chi connectivity index (χ3v) is 6.42. The lowest BCUT2D eigenvalue weighted by atomic mass is 10.3. The lowest BCUT2D eigenvalue weighted by Gasteiger charge is -1.93. The van der Waals surface area contributed by atoms with Crippen molar-refractivity contribution in [1.82, 2.24) is 4.98 Å². The first-order chi connectivity index (χ1) is 9.24. The van der Waals surface area contributed by atoms with Crippen LogP contribution in [-0.4, -0.2) is 4.98 Å². The van der Waals surface area contributed by atoms with E-state index in [9.17, 15) is 0 Å². The van der Waals surface area contributed by atoms with Gasteiger partial charge < -0.3 is 5.73 Å². The summed E-state index contributed by atoms with van der Waals surface area (Å²) in [6, 6.07) is 10.3. The highest BCUT2D eigenvalue weighted by molar-refractivity contribution is 8.00. The van der Waals surface area contributed by atoms with E-state index in [0.717, 1.165) is 27.7 Å². The molecule has 2 nitrogen and oxygen atoms in total. The van der Waals surface area contributed by atoms with Gasteiger partial charge in [0, 0.05) is 21.2 Å². The van der Waals surface area contributed by atoms with Crippen LogP contribution in [0.15, 0.2) is 34.7 Å². The van der Waals surface area contributed by atoms with Crippen molar-refractivity contribution in [3.63, 3.8) is 0 Å². The Hall–Kier alpha value is -1.04. The van der Waals surface area contributed by atoms with E-state index in [0.29, 0.717) is 0 Å². The molecule has 0 atom stereocenters. The molecule has 2 aromatic heterocycles. The van der Waals surface area contributed by atoms with Gasteiger partial charge in [-0.3, -0.25) is 0 Å². The molecule has 0 fully saturated rings. The summed E-state index contributed by atoms with van der Waals surface area (Å²) < 4.78 is 2.29. The number of nitrogens with zero attached hydrogens (tertiary/aromatic N) is 1. The Bertz CT molecular complexity index is 700. The van der Waals surface area contributed by atoms with E-state index in [4.69, 9.17) is 5.73 Å². The molecular weight excluding hydrogens is 292 g/mol. The number of hydrogen-bond acceptors (Lipinski definition) is 5. The smallest absolute Gasteiger partial charge is 0.151 e. The minimum absolute atomic E-state index is 0.804. The van der Waals surface area contributed by atoms with E-state index in [1.54, 1.807) is 23.1 Å². The van der Waals surface area contributed by atoms with Gasteiger partial charge in [-0.1, -0.05) is 18.7 Å². The van der Waals surface area contributed by atoms with Gasteiger partial charge in [0.1, 0.15) is 0 Å². The predicted octanol–water partition coefficient (Wildman–Crippen LogP) is 4.79. The van der Waals surface area contributed by atoms with Crippen LogP contribution in [0.1, 0.15) is 16.7 Å². The Labute approximate surface area is 124 Å². The third-order valence-electron chi connectivity index (χ3n) is 2.80. The summed E-state index contributed by atoms with van der Waals surface area (Å²) >= 11 is 5.42. The zero-order valence-corrected chi connectivity index (χ0v) is 13.0. The number of benzene rings is 1. The Morgan fingerprint density at radius 2 is 2.00 bits per heavy atom. The SMILES string of the molecule is CCc1ccc(CSc2nc3ccc(N)cc3s2)s1. The van der Waals surface area contributed by atoms with Crippen molar-refractivity contribution in [3.05, 3.63) is 40.1 Å². The third kappa shape index (κ3) is 2.94. The average Bonchev–Trinajstić information content (AvgIpc) is 3.01. The number of nitrogen functional groups attached to an aromatic ring is 1. The molecule has 19 heavy (non-hydrogen) atoms. The summed E-state index contributed by atoms with van der Waals surface area (Å²) in [5, 5.41) is 0. The topological polar surface area (TPSA) is 38.9 Å². The molecule has 0 saturated heterocycles. The van der Waals surface area contributed by atoms with E-state index in [1.165, 1.54) is 14.5 Å². The second-order valence-electron chi connectivity index (χ2n) is 4.22. The molecule has 0 bridgehead atoms. The maximum Gasteiger partial charge on any atom is 0.151 e. The Kier molecular flexibility index (Phi) is 3.77. The number of thiophene rings is 1. The van der Waals surface area contributed by atoms with E-state index in [-0.39, 0.29) is 0 Å². The molecule has 0 aliphatic carbocycles. The van der Waals surface area contributed by atoms with Crippen molar-refractivity contribution in [2.75, 3.05) is 5.73 Å². The summed E-state index contributed by atoms with van der Waals surface area (Å²) in [5.41, 5.74) is 7.64. The van der Waals surface area contributed by atoms with Crippen molar-refractivity contribution >= 4 is 50.3 Å². The molecule has 2 N–H and O–H groups in total. The molecule has 1 aromatic carbocycles. The zero-order chi connectivity index (χ0) is 13.2. The molecular formula is C14H14N2S3. The molecule has 98 valence electrons. The number of thiazole rings is 1. The second kappa shape index (κ2) is 5.53. The van der Waals surface area contributed by atoms with Gasteiger partial charge in [0.15, 0.2) is 4.34 Å². The van der Waals surface area contributed by atoms with Gasteiger partial charge in [-0.25, -0.2) is 4.98 Å². The van der Waals surface area contributed by atoms with Gasteiger partial charge in [0.25, 0.3) is 0 Å². The lowest BCUT2D eigenvalue weighted by Crippen LogP contribution is -1.81. The standard InChI is InChI=1S/C14H14N2S3/c1-2-10-4-5-11(18-10)8-17-14-16-12-6-3-9(15)7-13(12)19-14/h3-7H,2,8,15H2,1H3. The molecule has 0 spiro atoms. The number of aryl methyl sites for hydroxylation is 1. The van der Waals surface area contributed by atoms with Crippen molar-refractivity contribution in [2.45, 2.75) is 23.4 Å². The monoisotopic (exact) mass is 306 g/mol. The molecule has 0 amide bonds. The number of fused-ring (bicyclic) bond motifs is 1. The second-order valence-corrected chi connectivity index (χ2v) is 7.72. The normalized spacial score (nSPS) is 11.2. The van der Waals surface area contributed by atoms with Crippen LogP contribution in [-0.2, 0) is 12.2 Å². The fourth-order valence-electron chi connectivity index (χ4n) is 1.80. The maximum absolute atomic E-state index is 5.79. The molecule has 3 aromatic rings. The highest BCUT2D eigenvalue weighted by Crippen LogP contribution is 2.33. The van der Waals surface area contributed by atoms with E-state index in [2.05, 4.69) is 24.0 Å². The van der Waals surface area contributed by atoms with Crippen LogP contribution in [0.3, 0.4) is 0 Å². The Morgan fingerprint density at radius 3 is 2.79 bits per heavy atom. The minimum Gasteiger partial charge on any atom is -0.399 e. The van der Waals surface area contributed by atoms with Crippen molar-refractivity contribution < 1.29 is 0 Å². The minimum atomic E-state index is 0.804. The van der Waals surface area contributed by atoms with E-state index >= 15 is 0 Å². The number of thioether (sulfide) groups is 1. The molecule has 5 heteroatoms. The van der Waals surface area contributed by atoms with Gasteiger partial charge in [0.2, 0.25) is 0 Å². The van der Waals surface area contributed by atoms with Gasteiger partial charge in [0.05, 0.1) is 10.2 Å². The van der Waals surface area contributed by atoms with Crippen LogP contribution >= 0.6 is 34.4 Å². The number of rotatable bonds is 4. The summed E-state index contributed by atoms with van der Waals surface area (Å²) in [5.74, 6) is 1.000. The fraction of sp³-hybridized carbons (Fsp3) is 0.214. The molecule has 0 aliphatic heterocycles. The fourth-order valence-corrected chi connectivity index (χ4v) is 4.92. The predicted molar refractivity (Wildman–Crippen MR) is 87.3 cm³/mol. The van der Waals surface area contributed by atoms with E-state index in [1.807, 2.05) is 29.5 Å². The highest BCUT2D eigenvalue weighted by atomic mass is 32.2. The summed E-state index contributed by atoms with van der Waals surface area (Å²) in [6.07, 6.45) is 1.12. The first-order valence-corrected chi connectivity index (χ1v) is 8.73. The highest BCUT2D eigenvalue weighted by Gasteiger charge is 2.06. The van der Waals surface area contributed by atoms with Gasteiger partial charge in [-0.05, 0) is 36.8 Å². The first-order valence-electron chi connectivity index (χ1n) is 6.11. The van der Waals surface area contributed by atoms with Crippen LogP contribution in [0.4, 0.5) is 5.69 Å². The molecule has 0 saturated carbocycles. The summed E-state index contributed by atoms with van der Waals surface area (Å²) in [4.78, 5) is 7.50. The van der Waals surface area contributed by atoms with Crippen molar-refractivity contribution in [1.29, 1.82) is 0 Å². The van der Waals surface area contributed by atoms with Crippen molar-refractivity contribution in [2.24, 2.45) is 0 Å². The van der Waals surface area contributed by atoms with Crippen LogP contribution in [0.5, 0.6) is 0 Å². The number of nitrogens with two attached hydrogens (primary N) is 1.